The summed E-state index contributed by atoms with van der Waals surface area (Å²) in [6.45, 7) is 2.45. The van der Waals surface area contributed by atoms with Crippen molar-refractivity contribution in [1.29, 1.82) is 0 Å². The zero-order chi connectivity index (χ0) is 15.4. The number of rotatable bonds is 5. The number of urea groups is 1. The van der Waals surface area contributed by atoms with Crippen LogP contribution in [-0.4, -0.2) is 11.0 Å². The van der Waals surface area contributed by atoms with Gasteiger partial charge in [-0.3, -0.25) is 0 Å². The summed E-state index contributed by atoms with van der Waals surface area (Å²) < 4.78 is 0. The van der Waals surface area contributed by atoms with Gasteiger partial charge in [-0.2, -0.15) is 0 Å². The zero-order valence-electron chi connectivity index (χ0n) is 11.9. The first-order chi connectivity index (χ1) is 10.7. The summed E-state index contributed by atoms with van der Waals surface area (Å²) in [5.41, 5.74) is 2.77. The Hall–Kier alpha value is -1.70. The molecule has 2 amide bonds. The minimum atomic E-state index is -0.167. The summed E-state index contributed by atoms with van der Waals surface area (Å²) in [6.07, 6.45) is 0. The van der Waals surface area contributed by atoms with Gasteiger partial charge in [-0.1, -0.05) is 12.1 Å². The minimum Gasteiger partial charge on any atom is -0.333 e. The molecule has 22 heavy (non-hydrogen) atoms. The van der Waals surface area contributed by atoms with Crippen LogP contribution in [0.15, 0.2) is 40.5 Å². The molecule has 3 rings (SSSR count). The molecule has 0 saturated heterocycles. The van der Waals surface area contributed by atoms with Gasteiger partial charge in [0, 0.05) is 14.6 Å². The number of nitrogens with zero attached hydrogens (tertiary/aromatic N) is 1. The molecule has 3 aromatic heterocycles. The van der Waals surface area contributed by atoms with E-state index in [1.807, 2.05) is 41.9 Å². The van der Waals surface area contributed by atoms with Gasteiger partial charge >= 0.3 is 6.03 Å². The molecule has 0 aromatic carbocycles. The second kappa shape index (κ2) is 7.04. The van der Waals surface area contributed by atoms with Gasteiger partial charge in [0.05, 0.1) is 23.8 Å². The third kappa shape index (κ3) is 3.55. The highest BCUT2D eigenvalue weighted by atomic mass is 32.1. The lowest BCUT2D eigenvalue weighted by Gasteiger charge is -2.16. The first kappa shape index (κ1) is 15.2. The first-order valence-corrected chi connectivity index (χ1v) is 9.38. The number of amides is 2. The van der Waals surface area contributed by atoms with Crippen LogP contribution in [0.4, 0.5) is 4.79 Å². The van der Waals surface area contributed by atoms with Crippen LogP contribution < -0.4 is 10.6 Å². The lowest BCUT2D eigenvalue weighted by molar-refractivity contribution is 0.238. The molecule has 0 atom stereocenters. The maximum atomic E-state index is 12.2. The molecule has 0 aliphatic heterocycles. The maximum Gasteiger partial charge on any atom is 0.315 e. The number of carbonyl (C=O) groups is 1. The number of nitrogens with one attached hydrogen (secondary N) is 2. The predicted octanol–water partition coefficient (Wildman–Crippen LogP) is 4.16. The molecule has 0 unspecified atom stereocenters. The van der Waals surface area contributed by atoms with Crippen molar-refractivity contribution < 1.29 is 4.79 Å². The number of carbonyl (C=O) groups excluding carboxylic acids is 1. The summed E-state index contributed by atoms with van der Waals surface area (Å²) in [5, 5.41) is 10.0. The number of hydrogen-bond acceptors (Lipinski definition) is 5. The Bertz CT molecular complexity index is 685. The molecular formula is C15H15N3OS3. The second-order valence-electron chi connectivity index (χ2n) is 4.65. The van der Waals surface area contributed by atoms with Crippen LogP contribution in [-0.2, 0) is 6.54 Å². The number of thiazole rings is 1. The number of aromatic nitrogens is 1. The average Bonchev–Trinajstić information content (AvgIpc) is 3.25. The van der Waals surface area contributed by atoms with Crippen LogP contribution >= 0.6 is 34.0 Å². The van der Waals surface area contributed by atoms with Crippen molar-refractivity contribution in [1.82, 2.24) is 15.6 Å². The summed E-state index contributed by atoms with van der Waals surface area (Å²) in [6, 6.07) is 7.83. The van der Waals surface area contributed by atoms with E-state index in [4.69, 9.17) is 0 Å². The van der Waals surface area contributed by atoms with Crippen LogP contribution in [0.25, 0.3) is 0 Å². The molecule has 0 radical (unpaired) electrons. The third-order valence-electron chi connectivity index (χ3n) is 3.19. The number of thiophene rings is 2. The Balaban J connectivity index is 1.66. The van der Waals surface area contributed by atoms with Gasteiger partial charge < -0.3 is 10.6 Å². The second-order valence-corrected chi connectivity index (χ2v) is 7.55. The van der Waals surface area contributed by atoms with Crippen LogP contribution in [0.3, 0.4) is 0 Å². The van der Waals surface area contributed by atoms with Gasteiger partial charge in [-0.15, -0.1) is 34.0 Å². The summed E-state index contributed by atoms with van der Waals surface area (Å²) in [7, 11) is 0. The molecule has 0 aliphatic carbocycles. The zero-order valence-corrected chi connectivity index (χ0v) is 14.4. The Labute approximate surface area is 140 Å². The van der Waals surface area contributed by atoms with Crippen molar-refractivity contribution in [3.63, 3.8) is 0 Å². The van der Waals surface area contributed by atoms with E-state index in [0.717, 1.165) is 20.3 Å². The van der Waals surface area contributed by atoms with Gasteiger partial charge in [-0.05, 0) is 29.8 Å². The Morgan fingerprint density at radius 3 is 2.36 bits per heavy atom. The predicted molar refractivity (Wildman–Crippen MR) is 92.7 cm³/mol. The molecule has 3 aromatic rings. The summed E-state index contributed by atoms with van der Waals surface area (Å²) in [5.74, 6) is 0. The minimum absolute atomic E-state index is 0.0949. The van der Waals surface area contributed by atoms with E-state index in [-0.39, 0.29) is 12.1 Å². The quantitative estimate of drug-likeness (QED) is 0.726. The number of hydrogen-bond donors (Lipinski definition) is 2. The topological polar surface area (TPSA) is 54.0 Å². The SMILES string of the molecule is Cc1ncsc1CNC(=O)NC(c1cccs1)c1cccs1. The van der Waals surface area contributed by atoms with Crippen LogP contribution in [0.2, 0.25) is 0 Å². The molecule has 0 saturated carbocycles. The lowest BCUT2D eigenvalue weighted by atomic mass is 10.2. The van der Waals surface area contributed by atoms with Gasteiger partial charge in [0.2, 0.25) is 0 Å². The fourth-order valence-corrected chi connectivity index (χ4v) is 4.41. The smallest absolute Gasteiger partial charge is 0.315 e. The van der Waals surface area contributed by atoms with E-state index in [1.54, 1.807) is 39.5 Å². The van der Waals surface area contributed by atoms with Crippen molar-refractivity contribution in [2.24, 2.45) is 0 Å². The Morgan fingerprint density at radius 2 is 1.86 bits per heavy atom. The van der Waals surface area contributed by atoms with E-state index in [1.165, 1.54) is 0 Å². The highest BCUT2D eigenvalue weighted by Crippen LogP contribution is 2.29. The maximum absolute atomic E-state index is 12.2. The van der Waals surface area contributed by atoms with Gasteiger partial charge in [0.15, 0.2) is 0 Å². The Kier molecular flexibility index (Phi) is 4.87. The fourth-order valence-electron chi connectivity index (χ4n) is 2.03. The summed E-state index contributed by atoms with van der Waals surface area (Å²) in [4.78, 5) is 19.8. The van der Waals surface area contributed by atoms with Crippen LogP contribution in [0, 0.1) is 6.92 Å². The molecule has 0 spiro atoms. The van der Waals surface area contributed by atoms with Gasteiger partial charge in [0.25, 0.3) is 0 Å². The van der Waals surface area contributed by atoms with Crippen LogP contribution in [0.5, 0.6) is 0 Å². The van der Waals surface area contributed by atoms with Gasteiger partial charge in [0.1, 0.15) is 0 Å². The highest BCUT2D eigenvalue weighted by molar-refractivity contribution is 7.11. The van der Waals surface area contributed by atoms with Crippen molar-refractivity contribution in [2.75, 3.05) is 0 Å². The molecular weight excluding hydrogens is 334 g/mol. The molecule has 0 fully saturated rings. The van der Waals surface area contributed by atoms with E-state index in [9.17, 15) is 4.79 Å². The number of aryl methyl sites for hydroxylation is 1. The molecule has 7 heteroatoms. The molecule has 0 bridgehead atoms. The molecule has 4 nitrogen and oxygen atoms in total. The van der Waals surface area contributed by atoms with Crippen molar-refractivity contribution in [3.05, 3.63) is 60.9 Å². The normalized spacial score (nSPS) is 10.8. The summed E-state index contributed by atoms with van der Waals surface area (Å²) >= 11 is 4.85. The van der Waals surface area contributed by atoms with Crippen LogP contribution in [0.1, 0.15) is 26.4 Å². The van der Waals surface area contributed by atoms with E-state index >= 15 is 0 Å². The van der Waals surface area contributed by atoms with E-state index < -0.39 is 0 Å². The Morgan fingerprint density at radius 1 is 1.18 bits per heavy atom. The van der Waals surface area contributed by atoms with Crippen molar-refractivity contribution in [3.8, 4) is 0 Å². The van der Waals surface area contributed by atoms with E-state index in [2.05, 4.69) is 15.6 Å². The largest absolute Gasteiger partial charge is 0.333 e. The monoisotopic (exact) mass is 349 g/mol. The standard InChI is InChI=1S/C15H15N3OS3/c1-10-13(22-9-17-10)8-16-15(19)18-14(11-4-2-6-20-11)12-5-3-7-21-12/h2-7,9,14H,8H2,1H3,(H2,16,18,19). The lowest BCUT2D eigenvalue weighted by Crippen LogP contribution is -2.37. The van der Waals surface area contributed by atoms with Crippen molar-refractivity contribution >= 4 is 40.0 Å². The molecule has 0 aliphatic rings. The fraction of sp³-hybridized carbons (Fsp3) is 0.200. The van der Waals surface area contributed by atoms with Gasteiger partial charge in [-0.25, -0.2) is 9.78 Å². The molecule has 114 valence electrons. The molecule has 3 heterocycles. The highest BCUT2D eigenvalue weighted by Gasteiger charge is 2.18. The van der Waals surface area contributed by atoms with E-state index in [0.29, 0.717) is 6.54 Å². The average molecular weight is 350 g/mol. The van der Waals surface area contributed by atoms with Crippen molar-refractivity contribution in [2.45, 2.75) is 19.5 Å². The first-order valence-electron chi connectivity index (χ1n) is 6.74. The molecule has 2 N–H and O–H groups in total. The third-order valence-corrected chi connectivity index (χ3v) is 5.99.